The van der Waals surface area contributed by atoms with Crippen LogP contribution in [0.1, 0.15) is 18.1 Å². The lowest BCUT2D eigenvalue weighted by Crippen LogP contribution is -2.09. The van der Waals surface area contributed by atoms with Gasteiger partial charge in [-0.1, -0.05) is 12.1 Å². The quantitative estimate of drug-likeness (QED) is 0.920. The molecule has 0 amide bonds. The SMILES string of the molecule is CCn1ccnc1NCc1cccc(C(F)(F)F)c1. The first-order valence-corrected chi connectivity index (χ1v) is 5.92. The van der Waals surface area contributed by atoms with Crippen molar-refractivity contribution in [1.29, 1.82) is 0 Å². The first-order chi connectivity index (χ1) is 9.00. The zero-order chi connectivity index (χ0) is 13.9. The van der Waals surface area contributed by atoms with Crippen molar-refractivity contribution < 1.29 is 13.2 Å². The van der Waals surface area contributed by atoms with Gasteiger partial charge in [0.15, 0.2) is 0 Å². The summed E-state index contributed by atoms with van der Waals surface area (Å²) in [6.45, 7) is 3.03. The zero-order valence-electron chi connectivity index (χ0n) is 10.4. The predicted octanol–water partition coefficient (Wildman–Crippen LogP) is 3.53. The number of benzene rings is 1. The van der Waals surface area contributed by atoms with E-state index in [4.69, 9.17) is 0 Å². The molecule has 2 aromatic rings. The summed E-state index contributed by atoms with van der Waals surface area (Å²) in [6.07, 6.45) is -0.843. The summed E-state index contributed by atoms with van der Waals surface area (Å²) in [5, 5.41) is 3.02. The van der Waals surface area contributed by atoms with E-state index in [2.05, 4.69) is 10.3 Å². The van der Waals surface area contributed by atoms with Crippen LogP contribution < -0.4 is 5.32 Å². The fourth-order valence-electron chi connectivity index (χ4n) is 1.77. The fraction of sp³-hybridized carbons (Fsp3) is 0.308. The van der Waals surface area contributed by atoms with E-state index in [0.29, 0.717) is 18.1 Å². The van der Waals surface area contributed by atoms with Gasteiger partial charge in [-0.15, -0.1) is 0 Å². The number of anilines is 1. The third-order valence-corrected chi connectivity index (χ3v) is 2.76. The largest absolute Gasteiger partial charge is 0.416 e. The number of rotatable bonds is 4. The lowest BCUT2D eigenvalue weighted by atomic mass is 10.1. The highest BCUT2D eigenvalue weighted by Crippen LogP contribution is 2.29. The topological polar surface area (TPSA) is 29.9 Å². The highest BCUT2D eigenvalue weighted by Gasteiger charge is 2.30. The Labute approximate surface area is 109 Å². The van der Waals surface area contributed by atoms with Gasteiger partial charge in [-0.05, 0) is 24.6 Å². The molecule has 0 saturated carbocycles. The van der Waals surface area contributed by atoms with E-state index in [1.165, 1.54) is 6.07 Å². The molecule has 0 aliphatic heterocycles. The van der Waals surface area contributed by atoms with Gasteiger partial charge in [0.2, 0.25) is 5.95 Å². The van der Waals surface area contributed by atoms with Crippen molar-refractivity contribution in [2.24, 2.45) is 0 Å². The first-order valence-electron chi connectivity index (χ1n) is 5.92. The molecule has 1 aromatic carbocycles. The molecule has 0 radical (unpaired) electrons. The Bertz CT molecular complexity index is 546. The highest BCUT2D eigenvalue weighted by molar-refractivity contribution is 5.31. The Morgan fingerprint density at radius 1 is 1.32 bits per heavy atom. The molecule has 0 saturated heterocycles. The predicted molar refractivity (Wildman–Crippen MR) is 66.7 cm³/mol. The zero-order valence-corrected chi connectivity index (χ0v) is 10.4. The minimum Gasteiger partial charge on any atom is -0.352 e. The van der Waals surface area contributed by atoms with Crippen molar-refractivity contribution >= 4 is 5.95 Å². The molecule has 0 bridgehead atoms. The smallest absolute Gasteiger partial charge is 0.352 e. The Morgan fingerprint density at radius 2 is 2.11 bits per heavy atom. The summed E-state index contributed by atoms with van der Waals surface area (Å²) >= 11 is 0. The van der Waals surface area contributed by atoms with Crippen molar-refractivity contribution in [3.8, 4) is 0 Å². The second-order valence-electron chi connectivity index (χ2n) is 4.09. The van der Waals surface area contributed by atoms with Gasteiger partial charge in [0.25, 0.3) is 0 Å². The van der Waals surface area contributed by atoms with E-state index in [1.807, 2.05) is 17.7 Å². The number of nitrogens with zero attached hydrogens (tertiary/aromatic N) is 2. The number of alkyl halides is 3. The van der Waals surface area contributed by atoms with Crippen LogP contribution >= 0.6 is 0 Å². The van der Waals surface area contributed by atoms with Gasteiger partial charge in [-0.2, -0.15) is 13.2 Å². The summed E-state index contributed by atoms with van der Waals surface area (Å²) in [4.78, 5) is 4.10. The summed E-state index contributed by atoms with van der Waals surface area (Å²) < 4.78 is 39.6. The molecule has 1 aromatic heterocycles. The molecule has 0 atom stereocenters. The molecular weight excluding hydrogens is 255 g/mol. The van der Waals surface area contributed by atoms with Crippen molar-refractivity contribution in [2.45, 2.75) is 26.2 Å². The van der Waals surface area contributed by atoms with Crippen LogP contribution in [-0.2, 0) is 19.3 Å². The van der Waals surface area contributed by atoms with Gasteiger partial charge < -0.3 is 9.88 Å². The first kappa shape index (κ1) is 13.5. The number of imidazole rings is 1. The normalized spacial score (nSPS) is 11.6. The van der Waals surface area contributed by atoms with Crippen LogP contribution in [0.25, 0.3) is 0 Å². The molecule has 6 heteroatoms. The van der Waals surface area contributed by atoms with Crippen LogP contribution in [0.15, 0.2) is 36.7 Å². The van der Waals surface area contributed by atoms with Crippen LogP contribution in [0, 0.1) is 0 Å². The van der Waals surface area contributed by atoms with Crippen molar-refractivity contribution in [2.75, 3.05) is 5.32 Å². The maximum atomic E-state index is 12.6. The fourth-order valence-corrected chi connectivity index (χ4v) is 1.77. The van der Waals surface area contributed by atoms with Crippen LogP contribution in [0.4, 0.5) is 19.1 Å². The van der Waals surface area contributed by atoms with Crippen molar-refractivity contribution in [3.05, 3.63) is 47.8 Å². The van der Waals surface area contributed by atoms with E-state index >= 15 is 0 Å². The summed E-state index contributed by atoms with van der Waals surface area (Å²) in [7, 11) is 0. The van der Waals surface area contributed by atoms with E-state index in [0.717, 1.165) is 18.7 Å². The summed E-state index contributed by atoms with van der Waals surface area (Å²) in [5.41, 5.74) is -0.0638. The molecule has 0 fully saturated rings. The molecule has 19 heavy (non-hydrogen) atoms. The Kier molecular flexibility index (Phi) is 3.78. The summed E-state index contributed by atoms with van der Waals surface area (Å²) in [6, 6.07) is 5.27. The second kappa shape index (κ2) is 5.34. The number of aromatic nitrogens is 2. The number of halogens is 3. The summed E-state index contributed by atoms with van der Waals surface area (Å²) in [5.74, 6) is 0.653. The van der Waals surface area contributed by atoms with Gasteiger partial charge in [0.05, 0.1) is 5.56 Å². The third kappa shape index (κ3) is 3.27. The maximum absolute atomic E-state index is 12.6. The van der Waals surface area contributed by atoms with Crippen LogP contribution in [-0.4, -0.2) is 9.55 Å². The van der Waals surface area contributed by atoms with E-state index < -0.39 is 11.7 Å². The maximum Gasteiger partial charge on any atom is 0.416 e. The molecule has 1 heterocycles. The van der Waals surface area contributed by atoms with Gasteiger partial charge in [0.1, 0.15) is 0 Å². The van der Waals surface area contributed by atoms with Crippen LogP contribution in [0.3, 0.4) is 0 Å². The van der Waals surface area contributed by atoms with Crippen LogP contribution in [0.2, 0.25) is 0 Å². The Balaban J connectivity index is 2.08. The minimum absolute atomic E-state index is 0.306. The molecule has 1 N–H and O–H groups in total. The van der Waals surface area contributed by atoms with E-state index in [-0.39, 0.29) is 0 Å². The van der Waals surface area contributed by atoms with Gasteiger partial charge in [-0.3, -0.25) is 0 Å². The lowest BCUT2D eigenvalue weighted by Gasteiger charge is -2.10. The lowest BCUT2D eigenvalue weighted by molar-refractivity contribution is -0.137. The third-order valence-electron chi connectivity index (χ3n) is 2.76. The second-order valence-corrected chi connectivity index (χ2v) is 4.09. The molecule has 0 aliphatic carbocycles. The average Bonchev–Trinajstić information content (AvgIpc) is 2.83. The molecule has 2 rings (SSSR count). The van der Waals surface area contributed by atoms with Gasteiger partial charge in [0, 0.05) is 25.5 Å². The monoisotopic (exact) mass is 269 g/mol. The van der Waals surface area contributed by atoms with Gasteiger partial charge >= 0.3 is 6.18 Å². The van der Waals surface area contributed by atoms with Crippen LogP contribution in [0.5, 0.6) is 0 Å². The standard InChI is InChI=1S/C13H14F3N3/c1-2-19-7-6-17-12(19)18-9-10-4-3-5-11(8-10)13(14,15)16/h3-8H,2,9H2,1H3,(H,17,18). The molecule has 0 aliphatic rings. The average molecular weight is 269 g/mol. The van der Waals surface area contributed by atoms with Gasteiger partial charge in [-0.25, -0.2) is 4.98 Å². The highest BCUT2D eigenvalue weighted by atomic mass is 19.4. The number of aryl methyl sites for hydroxylation is 1. The molecule has 0 spiro atoms. The molecular formula is C13H14F3N3. The Morgan fingerprint density at radius 3 is 2.79 bits per heavy atom. The number of nitrogens with one attached hydrogen (secondary N) is 1. The molecule has 0 unspecified atom stereocenters. The van der Waals surface area contributed by atoms with E-state index in [1.54, 1.807) is 12.3 Å². The number of hydrogen-bond donors (Lipinski definition) is 1. The van der Waals surface area contributed by atoms with Crippen molar-refractivity contribution in [3.63, 3.8) is 0 Å². The molecule has 3 nitrogen and oxygen atoms in total. The number of hydrogen-bond acceptors (Lipinski definition) is 2. The minimum atomic E-state index is -4.31. The Hall–Kier alpha value is -1.98. The van der Waals surface area contributed by atoms with Crippen molar-refractivity contribution in [1.82, 2.24) is 9.55 Å². The molecule has 102 valence electrons. The van der Waals surface area contributed by atoms with E-state index in [9.17, 15) is 13.2 Å².